The molecule has 44 heavy (non-hydrogen) atoms. The van der Waals surface area contributed by atoms with Gasteiger partial charge in [-0.25, -0.2) is 9.59 Å². The number of benzene rings is 2. The maximum absolute atomic E-state index is 14.2. The predicted molar refractivity (Wildman–Crippen MR) is 169 cm³/mol. The van der Waals surface area contributed by atoms with Gasteiger partial charge in [0, 0.05) is 37.6 Å². The highest BCUT2D eigenvalue weighted by Gasteiger charge is 2.53. The average molecular weight is 600 g/mol. The Bertz CT molecular complexity index is 1580. The number of hydrogen-bond acceptors (Lipinski definition) is 6. The number of aromatic nitrogens is 2. The van der Waals surface area contributed by atoms with Gasteiger partial charge in [-0.05, 0) is 88.4 Å². The maximum Gasteiger partial charge on any atom is 0.347 e. The molecule has 1 aliphatic carbocycles. The number of carbonyl (C=O) groups excluding carboxylic acids is 1. The van der Waals surface area contributed by atoms with E-state index in [0.29, 0.717) is 25.5 Å². The van der Waals surface area contributed by atoms with Crippen molar-refractivity contribution in [2.45, 2.75) is 70.2 Å². The molecule has 0 unspecified atom stereocenters. The Morgan fingerprint density at radius 3 is 2.45 bits per heavy atom. The zero-order chi connectivity index (χ0) is 30.9. The fourth-order valence-electron chi connectivity index (χ4n) is 6.73. The van der Waals surface area contributed by atoms with E-state index in [9.17, 15) is 19.5 Å². The van der Waals surface area contributed by atoms with Gasteiger partial charge in [0.25, 0.3) is 0 Å². The van der Waals surface area contributed by atoms with E-state index in [0.717, 1.165) is 74.4 Å². The molecular weight excluding hydrogens is 558 g/mol. The second-order valence-electron chi connectivity index (χ2n) is 12.6. The zero-order valence-corrected chi connectivity index (χ0v) is 25.5. The lowest BCUT2D eigenvalue weighted by Crippen LogP contribution is -2.56. The van der Waals surface area contributed by atoms with Gasteiger partial charge in [0.2, 0.25) is 5.91 Å². The molecule has 2 aliphatic heterocycles. The second kappa shape index (κ2) is 12.0. The van der Waals surface area contributed by atoms with E-state index in [2.05, 4.69) is 33.0 Å². The SMILES string of the molecule is CC(C)(Oc1ccc(CN2CN(c3ccccc3)C3(CCN(CCCn4c5c([nH]c4=O)C=CCC5)CC3)C2=O)cc1)C(=O)O. The van der Waals surface area contributed by atoms with Crippen LogP contribution in [0.25, 0.3) is 6.08 Å². The third-order valence-corrected chi connectivity index (χ3v) is 9.26. The van der Waals surface area contributed by atoms with E-state index in [1.54, 1.807) is 12.1 Å². The van der Waals surface area contributed by atoms with E-state index in [1.165, 1.54) is 13.8 Å². The monoisotopic (exact) mass is 599 g/mol. The summed E-state index contributed by atoms with van der Waals surface area (Å²) in [6.45, 7) is 7.21. The van der Waals surface area contributed by atoms with E-state index >= 15 is 0 Å². The molecule has 10 nitrogen and oxygen atoms in total. The molecular formula is C34H41N5O5. The van der Waals surface area contributed by atoms with E-state index in [-0.39, 0.29) is 11.6 Å². The van der Waals surface area contributed by atoms with Crippen LogP contribution < -0.4 is 15.3 Å². The number of aliphatic carboxylic acids is 1. The van der Waals surface area contributed by atoms with Crippen LogP contribution in [0.1, 0.15) is 56.5 Å². The molecule has 10 heteroatoms. The van der Waals surface area contributed by atoms with Crippen molar-refractivity contribution in [3.05, 3.63) is 88.1 Å². The molecule has 0 atom stereocenters. The molecule has 232 valence electrons. The minimum atomic E-state index is -1.33. The van der Waals surface area contributed by atoms with Crippen LogP contribution >= 0.6 is 0 Å². The molecule has 1 amide bonds. The van der Waals surface area contributed by atoms with Crippen molar-refractivity contribution in [1.82, 2.24) is 19.4 Å². The summed E-state index contributed by atoms with van der Waals surface area (Å²) in [5, 5.41) is 9.37. The number of allylic oxidation sites excluding steroid dienone is 1. The van der Waals surface area contributed by atoms with Gasteiger partial charge in [0.1, 0.15) is 11.3 Å². The molecule has 2 aromatic carbocycles. The molecule has 2 saturated heterocycles. The van der Waals surface area contributed by atoms with Gasteiger partial charge in [-0.1, -0.05) is 36.4 Å². The summed E-state index contributed by atoms with van der Waals surface area (Å²) in [6.07, 6.45) is 8.32. The number of H-pyrrole nitrogens is 1. The minimum Gasteiger partial charge on any atom is -0.478 e. The Morgan fingerprint density at radius 1 is 1.02 bits per heavy atom. The summed E-state index contributed by atoms with van der Waals surface area (Å²) in [6, 6.07) is 17.5. The van der Waals surface area contributed by atoms with Gasteiger partial charge in [0.15, 0.2) is 5.60 Å². The number of anilines is 1. The first-order valence-electron chi connectivity index (χ1n) is 15.5. The predicted octanol–water partition coefficient (Wildman–Crippen LogP) is 4.11. The van der Waals surface area contributed by atoms with Crippen LogP contribution in [0.5, 0.6) is 5.75 Å². The third kappa shape index (κ3) is 5.78. The normalized spacial score (nSPS) is 18.2. The van der Waals surface area contributed by atoms with Gasteiger partial charge in [-0.3, -0.25) is 9.36 Å². The van der Waals surface area contributed by atoms with Crippen LogP contribution in [0.2, 0.25) is 0 Å². The number of carbonyl (C=O) groups is 2. The first-order chi connectivity index (χ1) is 21.2. The second-order valence-corrected chi connectivity index (χ2v) is 12.6. The minimum absolute atomic E-state index is 0.0273. The highest BCUT2D eigenvalue weighted by atomic mass is 16.5. The number of hydrogen-bond donors (Lipinski definition) is 2. The van der Waals surface area contributed by atoms with Crippen LogP contribution in [0.15, 0.2) is 65.5 Å². The number of nitrogens with one attached hydrogen (secondary N) is 1. The summed E-state index contributed by atoms with van der Waals surface area (Å²) in [7, 11) is 0. The lowest BCUT2D eigenvalue weighted by Gasteiger charge is -2.43. The molecule has 1 aromatic heterocycles. The maximum atomic E-state index is 14.2. The lowest BCUT2D eigenvalue weighted by atomic mass is 9.85. The summed E-state index contributed by atoms with van der Waals surface area (Å²) < 4.78 is 7.54. The Morgan fingerprint density at radius 2 is 1.75 bits per heavy atom. The molecule has 2 N–H and O–H groups in total. The van der Waals surface area contributed by atoms with Gasteiger partial charge in [-0.2, -0.15) is 0 Å². The topological polar surface area (TPSA) is 111 Å². The number of fused-ring (bicyclic) bond motifs is 1. The molecule has 0 radical (unpaired) electrons. The molecule has 6 rings (SSSR count). The van der Waals surface area contributed by atoms with E-state index in [4.69, 9.17) is 4.74 Å². The number of likely N-dealkylation sites (tertiary alicyclic amines) is 1. The first-order valence-corrected chi connectivity index (χ1v) is 15.5. The molecule has 0 saturated carbocycles. The van der Waals surface area contributed by atoms with Crippen molar-refractivity contribution in [3.8, 4) is 5.75 Å². The summed E-state index contributed by atoms with van der Waals surface area (Å²) in [5.41, 5.74) is 2.09. The number of para-hydroxylation sites is 1. The Hall–Kier alpha value is -4.31. The number of nitrogens with zero attached hydrogens (tertiary/aromatic N) is 4. The highest BCUT2D eigenvalue weighted by molar-refractivity contribution is 5.93. The molecule has 1 spiro atoms. The number of amides is 1. The first kappa shape index (κ1) is 29.7. The van der Waals surface area contributed by atoms with Crippen molar-refractivity contribution < 1.29 is 19.4 Å². The molecule has 2 fully saturated rings. The van der Waals surface area contributed by atoms with Crippen molar-refractivity contribution >= 4 is 23.6 Å². The van der Waals surface area contributed by atoms with Gasteiger partial charge >= 0.3 is 11.7 Å². The summed E-state index contributed by atoms with van der Waals surface area (Å²) in [5.74, 6) is -0.414. The van der Waals surface area contributed by atoms with Gasteiger partial charge in [0.05, 0.1) is 12.4 Å². The largest absolute Gasteiger partial charge is 0.478 e. The standard InChI is InChI=1S/C34H41N5O5/c1-33(2,31(41)42)44-27-15-13-25(14-16-27)23-37-24-39(26-9-4-3-5-10-26)34(30(37)40)17-21-36(22-18-34)19-8-20-38-29-12-7-6-11-28(29)35-32(38)43/h3-6,9-11,13-16H,7-8,12,17-24H2,1-2H3,(H,35,43)(H,41,42). The van der Waals surface area contributed by atoms with Crippen LogP contribution in [-0.2, 0) is 29.1 Å². The van der Waals surface area contributed by atoms with E-state index in [1.807, 2.05) is 45.9 Å². The van der Waals surface area contributed by atoms with Crippen molar-refractivity contribution in [2.75, 3.05) is 31.2 Å². The average Bonchev–Trinajstić information content (AvgIpc) is 3.48. The fourth-order valence-corrected chi connectivity index (χ4v) is 6.73. The number of piperidine rings is 1. The van der Waals surface area contributed by atoms with Crippen molar-refractivity contribution in [3.63, 3.8) is 0 Å². The van der Waals surface area contributed by atoms with Crippen LogP contribution in [-0.4, -0.2) is 73.8 Å². The van der Waals surface area contributed by atoms with E-state index < -0.39 is 17.1 Å². The number of carboxylic acid groups (broad SMARTS) is 1. The van der Waals surface area contributed by atoms with Crippen LogP contribution in [0.3, 0.4) is 0 Å². The smallest absolute Gasteiger partial charge is 0.347 e. The number of ether oxygens (including phenoxy) is 1. The fraction of sp³-hybridized carbons (Fsp3) is 0.441. The molecule has 3 aliphatic rings. The molecule has 3 heterocycles. The van der Waals surface area contributed by atoms with Crippen molar-refractivity contribution in [1.29, 1.82) is 0 Å². The van der Waals surface area contributed by atoms with Crippen LogP contribution in [0, 0.1) is 0 Å². The molecule has 3 aromatic rings. The zero-order valence-electron chi connectivity index (χ0n) is 25.5. The Balaban J connectivity index is 1.11. The van der Waals surface area contributed by atoms with Crippen LogP contribution in [0.4, 0.5) is 5.69 Å². The molecule has 0 bridgehead atoms. The van der Waals surface area contributed by atoms with Gasteiger partial charge in [-0.15, -0.1) is 0 Å². The number of imidazole rings is 1. The van der Waals surface area contributed by atoms with Crippen molar-refractivity contribution in [2.24, 2.45) is 0 Å². The number of carboxylic acids is 1. The number of rotatable bonds is 10. The summed E-state index contributed by atoms with van der Waals surface area (Å²) >= 11 is 0. The lowest BCUT2D eigenvalue weighted by molar-refractivity contribution is -0.152. The quantitative estimate of drug-likeness (QED) is 0.361. The highest BCUT2D eigenvalue weighted by Crippen LogP contribution is 2.40. The number of aromatic amines is 1. The summed E-state index contributed by atoms with van der Waals surface area (Å²) in [4.78, 5) is 47.7. The third-order valence-electron chi connectivity index (χ3n) is 9.26. The van der Waals surface area contributed by atoms with Gasteiger partial charge < -0.3 is 29.5 Å². The Kier molecular flexibility index (Phi) is 8.11. The Labute approximate surface area is 257 Å².